The van der Waals surface area contributed by atoms with E-state index in [1.54, 1.807) is 18.1 Å². The molecule has 114 valence electrons. The second kappa shape index (κ2) is 6.74. The molecular weight excluding hydrogens is 323 g/mol. The molecule has 0 unspecified atom stereocenters. The van der Waals surface area contributed by atoms with Crippen LogP contribution in [0.15, 0.2) is 24.4 Å². The van der Waals surface area contributed by atoms with Gasteiger partial charge in [0.25, 0.3) is 0 Å². The number of rotatable bonds is 4. The number of benzene rings is 1. The van der Waals surface area contributed by atoms with E-state index >= 15 is 0 Å². The molecule has 21 heavy (non-hydrogen) atoms. The zero-order chi connectivity index (χ0) is 15.6. The first-order valence-corrected chi connectivity index (χ1v) is 8.56. The fourth-order valence-corrected chi connectivity index (χ4v) is 3.28. The van der Waals surface area contributed by atoms with E-state index in [1.165, 1.54) is 5.56 Å². The summed E-state index contributed by atoms with van der Waals surface area (Å²) in [5.41, 5.74) is 1.21. The van der Waals surface area contributed by atoms with Crippen LogP contribution >= 0.6 is 35.1 Å². The molecule has 0 amide bonds. The van der Waals surface area contributed by atoms with Crippen LogP contribution < -0.4 is 4.72 Å². The highest BCUT2D eigenvalue weighted by Gasteiger charge is 2.18. The first-order valence-electron chi connectivity index (χ1n) is 6.99. The predicted molar refractivity (Wildman–Crippen MR) is 95.3 cm³/mol. The molecule has 1 aromatic carbocycles. The molecule has 0 aliphatic rings. The quantitative estimate of drug-likeness (QED) is 0.542. The molecule has 2 aromatic rings. The lowest BCUT2D eigenvalue weighted by atomic mass is 9.99. The molecule has 0 aliphatic carbocycles. The molecule has 0 fully saturated rings. The van der Waals surface area contributed by atoms with Gasteiger partial charge in [0.05, 0.1) is 0 Å². The van der Waals surface area contributed by atoms with Crippen molar-refractivity contribution >= 4 is 45.9 Å². The number of hydrogen-bond acceptors (Lipinski definition) is 3. The Labute approximate surface area is 140 Å². The third kappa shape index (κ3) is 4.26. The Morgan fingerprint density at radius 3 is 2.57 bits per heavy atom. The summed E-state index contributed by atoms with van der Waals surface area (Å²) in [6, 6.07) is 6.14. The van der Waals surface area contributed by atoms with Gasteiger partial charge in [0.1, 0.15) is 5.15 Å². The minimum absolute atomic E-state index is 0.162. The van der Waals surface area contributed by atoms with Crippen LogP contribution in [0.1, 0.15) is 45.7 Å². The van der Waals surface area contributed by atoms with E-state index in [1.807, 2.05) is 12.1 Å². The number of halogens is 2. The number of nitrogens with one attached hydrogen (secondary N) is 1. The van der Waals surface area contributed by atoms with Crippen molar-refractivity contribution in [3.63, 3.8) is 0 Å². The van der Waals surface area contributed by atoms with Crippen molar-refractivity contribution in [1.82, 2.24) is 9.71 Å². The minimum Gasteiger partial charge on any atom is -0.256 e. The van der Waals surface area contributed by atoms with Gasteiger partial charge in [-0.25, -0.2) is 4.98 Å². The van der Waals surface area contributed by atoms with E-state index in [0.717, 1.165) is 17.2 Å². The summed E-state index contributed by atoms with van der Waals surface area (Å²) in [7, 11) is 0. The van der Waals surface area contributed by atoms with Gasteiger partial charge in [-0.15, -0.1) is 0 Å². The zero-order valence-corrected chi connectivity index (χ0v) is 15.0. The van der Waals surface area contributed by atoms with Crippen LogP contribution in [0.25, 0.3) is 10.8 Å². The van der Waals surface area contributed by atoms with E-state index in [-0.39, 0.29) is 10.8 Å². The highest BCUT2D eigenvalue weighted by atomic mass is 35.5. The summed E-state index contributed by atoms with van der Waals surface area (Å²) < 4.78 is 3.73. The largest absolute Gasteiger partial charge is 0.256 e. The van der Waals surface area contributed by atoms with Crippen molar-refractivity contribution < 1.29 is 0 Å². The summed E-state index contributed by atoms with van der Waals surface area (Å²) in [5.74, 6) is 0. The van der Waals surface area contributed by atoms with E-state index in [2.05, 4.69) is 43.5 Å². The molecule has 1 N–H and O–H groups in total. The molecule has 0 bridgehead atoms. The standard InChI is InChI=1S/C16H20Cl2N2S/c1-5-14(20-21-16(2,3)4)10-6-7-13(17)12-9-19-15(18)8-11(10)12/h6-9,14,20H,5H2,1-4H3/t14-/m1/s1. The van der Waals surface area contributed by atoms with Crippen molar-refractivity contribution in [1.29, 1.82) is 0 Å². The molecule has 2 nitrogen and oxygen atoms in total. The van der Waals surface area contributed by atoms with Gasteiger partial charge in [-0.2, -0.15) is 0 Å². The molecule has 1 heterocycles. The molecule has 0 saturated heterocycles. The van der Waals surface area contributed by atoms with Gasteiger partial charge in [0.2, 0.25) is 0 Å². The lowest BCUT2D eigenvalue weighted by Gasteiger charge is -2.24. The lowest BCUT2D eigenvalue weighted by molar-refractivity contribution is 0.647. The summed E-state index contributed by atoms with van der Waals surface area (Å²) in [4.78, 5) is 4.14. The predicted octanol–water partition coefficient (Wildman–Crippen LogP) is 6.03. The number of pyridine rings is 1. The van der Waals surface area contributed by atoms with Gasteiger partial charge in [0.15, 0.2) is 0 Å². The number of fused-ring (bicyclic) bond motifs is 1. The SMILES string of the molecule is CC[C@@H](NSC(C)(C)C)c1ccc(Cl)c2cnc(Cl)cc12. The summed E-state index contributed by atoms with van der Waals surface area (Å²) in [6.07, 6.45) is 2.73. The first kappa shape index (κ1) is 16.9. The zero-order valence-electron chi connectivity index (χ0n) is 12.7. The fourth-order valence-electron chi connectivity index (χ4n) is 2.12. The lowest BCUT2D eigenvalue weighted by Crippen LogP contribution is -2.21. The highest BCUT2D eigenvalue weighted by Crippen LogP contribution is 2.34. The average Bonchev–Trinajstić information content (AvgIpc) is 2.40. The summed E-state index contributed by atoms with van der Waals surface area (Å²) in [6.45, 7) is 8.75. The summed E-state index contributed by atoms with van der Waals surface area (Å²) >= 11 is 14.1. The van der Waals surface area contributed by atoms with Gasteiger partial charge < -0.3 is 0 Å². The summed E-state index contributed by atoms with van der Waals surface area (Å²) in [5, 5.41) is 3.21. The van der Waals surface area contributed by atoms with Crippen LogP contribution in [0.4, 0.5) is 0 Å². The monoisotopic (exact) mass is 342 g/mol. The van der Waals surface area contributed by atoms with Crippen LogP contribution in [-0.4, -0.2) is 9.73 Å². The first-order chi connectivity index (χ1) is 9.81. The van der Waals surface area contributed by atoms with Crippen LogP contribution in [0.5, 0.6) is 0 Å². The van der Waals surface area contributed by atoms with Crippen LogP contribution in [0.3, 0.4) is 0 Å². The topological polar surface area (TPSA) is 24.9 Å². The number of aromatic nitrogens is 1. The molecule has 1 atom stereocenters. The Morgan fingerprint density at radius 2 is 1.95 bits per heavy atom. The second-order valence-electron chi connectivity index (χ2n) is 5.98. The maximum atomic E-state index is 6.27. The average molecular weight is 343 g/mol. The minimum atomic E-state index is 0.162. The van der Waals surface area contributed by atoms with Gasteiger partial charge >= 0.3 is 0 Å². The number of nitrogens with zero attached hydrogens (tertiary/aromatic N) is 1. The van der Waals surface area contributed by atoms with Gasteiger partial charge in [-0.3, -0.25) is 4.72 Å². The Balaban J connectivity index is 2.44. The maximum Gasteiger partial charge on any atom is 0.129 e. The van der Waals surface area contributed by atoms with Crippen LogP contribution in [-0.2, 0) is 0 Å². The van der Waals surface area contributed by atoms with E-state index in [9.17, 15) is 0 Å². The highest BCUT2D eigenvalue weighted by molar-refractivity contribution is 7.98. The molecule has 2 rings (SSSR count). The smallest absolute Gasteiger partial charge is 0.129 e. The molecular formula is C16H20Cl2N2S. The third-order valence-corrected chi connectivity index (χ3v) is 4.69. The Kier molecular flexibility index (Phi) is 5.42. The molecule has 1 aromatic heterocycles. The Hall–Kier alpha value is -0.480. The molecule has 5 heteroatoms. The van der Waals surface area contributed by atoms with E-state index < -0.39 is 0 Å². The van der Waals surface area contributed by atoms with Crippen molar-refractivity contribution in [2.45, 2.75) is 44.9 Å². The molecule has 0 spiro atoms. The fraction of sp³-hybridized carbons (Fsp3) is 0.438. The maximum absolute atomic E-state index is 6.27. The van der Waals surface area contributed by atoms with E-state index in [0.29, 0.717) is 10.2 Å². The van der Waals surface area contributed by atoms with Crippen molar-refractivity contribution in [2.75, 3.05) is 0 Å². The van der Waals surface area contributed by atoms with Crippen LogP contribution in [0.2, 0.25) is 10.2 Å². The Morgan fingerprint density at radius 1 is 1.24 bits per heavy atom. The van der Waals surface area contributed by atoms with Crippen molar-refractivity contribution in [3.05, 3.63) is 40.1 Å². The third-order valence-electron chi connectivity index (χ3n) is 3.14. The van der Waals surface area contributed by atoms with Gasteiger partial charge in [-0.05, 0) is 50.3 Å². The van der Waals surface area contributed by atoms with Crippen molar-refractivity contribution in [2.24, 2.45) is 0 Å². The molecule has 0 radical (unpaired) electrons. The Bertz CT molecular complexity index is 638. The van der Waals surface area contributed by atoms with E-state index in [4.69, 9.17) is 23.2 Å². The van der Waals surface area contributed by atoms with Gasteiger partial charge in [-0.1, -0.05) is 48.1 Å². The molecule has 0 aliphatic heterocycles. The molecule has 0 saturated carbocycles. The number of hydrogen-bond donors (Lipinski definition) is 1. The van der Waals surface area contributed by atoms with Crippen LogP contribution in [0, 0.1) is 0 Å². The van der Waals surface area contributed by atoms with Crippen molar-refractivity contribution in [3.8, 4) is 0 Å². The second-order valence-corrected chi connectivity index (χ2v) is 8.44. The normalized spacial score (nSPS) is 13.6. The van der Waals surface area contributed by atoms with Gasteiger partial charge in [0, 0.05) is 27.4 Å².